The molecule has 94 valence electrons. The molecule has 1 aromatic rings. The van der Waals surface area contributed by atoms with E-state index in [1.54, 1.807) is 0 Å². The molecule has 1 saturated heterocycles. The average Bonchev–Trinajstić information content (AvgIpc) is 3.18. The van der Waals surface area contributed by atoms with Crippen LogP contribution in [0.4, 0.5) is 0 Å². The van der Waals surface area contributed by atoms with Crippen LogP contribution >= 0.6 is 0 Å². The van der Waals surface area contributed by atoms with Crippen LogP contribution in [0.3, 0.4) is 0 Å². The summed E-state index contributed by atoms with van der Waals surface area (Å²) < 4.78 is 10.7. The van der Waals surface area contributed by atoms with E-state index in [0.29, 0.717) is 19.3 Å². The molecule has 0 aromatic heterocycles. The maximum Gasteiger partial charge on any atom is 0.119 e. The zero-order valence-corrected chi connectivity index (χ0v) is 10.1. The summed E-state index contributed by atoms with van der Waals surface area (Å²) in [5.74, 6) is 0.916. The molecule has 1 N–H and O–H groups in total. The smallest absolute Gasteiger partial charge is 0.119 e. The number of aryl methyl sites for hydroxylation is 1. The maximum absolute atomic E-state index is 8.68. The van der Waals surface area contributed by atoms with Crippen molar-refractivity contribution in [3.63, 3.8) is 0 Å². The second-order valence-corrected chi connectivity index (χ2v) is 4.44. The summed E-state index contributed by atoms with van der Waals surface area (Å²) >= 11 is 0. The number of hydrogen-bond donors (Lipinski definition) is 1. The quantitative estimate of drug-likeness (QED) is 0.555. The third kappa shape index (κ3) is 4.75. The van der Waals surface area contributed by atoms with Crippen LogP contribution in [0.1, 0.15) is 24.8 Å². The van der Waals surface area contributed by atoms with Gasteiger partial charge in [-0.3, -0.25) is 0 Å². The number of unbranched alkanes of at least 4 members (excludes halogenated alkanes) is 2. The van der Waals surface area contributed by atoms with Crippen molar-refractivity contribution in [2.45, 2.75) is 31.8 Å². The zero-order chi connectivity index (χ0) is 11.9. The van der Waals surface area contributed by atoms with Crippen molar-refractivity contribution < 1.29 is 14.6 Å². The van der Waals surface area contributed by atoms with Crippen LogP contribution in [0.15, 0.2) is 24.3 Å². The Bertz CT molecular complexity index is 317. The van der Waals surface area contributed by atoms with Crippen molar-refractivity contribution >= 4 is 0 Å². The molecule has 0 amide bonds. The van der Waals surface area contributed by atoms with E-state index >= 15 is 0 Å². The highest BCUT2D eigenvalue weighted by molar-refractivity contribution is 5.27. The standard InChI is InChI=1S/C14H20O3/c15-9-3-1-2-4-12-5-7-13(8-6-12)16-10-14-11-17-14/h5-8,14-15H,1-4,9-11H2. The monoisotopic (exact) mass is 236 g/mol. The van der Waals surface area contributed by atoms with Gasteiger partial charge in [0.1, 0.15) is 18.5 Å². The van der Waals surface area contributed by atoms with Gasteiger partial charge < -0.3 is 14.6 Å². The molecule has 1 unspecified atom stereocenters. The van der Waals surface area contributed by atoms with Gasteiger partial charge in [-0.1, -0.05) is 18.6 Å². The van der Waals surface area contributed by atoms with E-state index in [1.165, 1.54) is 5.56 Å². The minimum atomic E-state index is 0.302. The second kappa shape index (κ2) is 6.62. The fraction of sp³-hybridized carbons (Fsp3) is 0.571. The summed E-state index contributed by atoms with van der Waals surface area (Å²) in [6, 6.07) is 8.26. The van der Waals surface area contributed by atoms with E-state index in [4.69, 9.17) is 14.6 Å². The van der Waals surface area contributed by atoms with Crippen molar-refractivity contribution in [1.82, 2.24) is 0 Å². The number of rotatable bonds is 8. The van der Waals surface area contributed by atoms with Gasteiger partial charge >= 0.3 is 0 Å². The Morgan fingerprint density at radius 2 is 1.94 bits per heavy atom. The van der Waals surface area contributed by atoms with E-state index in [0.717, 1.165) is 38.0 Å². The van der Waals surface area contributed by atoms with E-state index < -0.39 is 0 Å². The molecule has 0 aliphatic carbocycles. The SMILES string of the molecule is OCCCCCc1ccc(OCC2CO2)cc1. The van der Waals surface area contributed by atoms with Crippen LogP contribution in [-0.2, 0) is 11.2 Å². The molecule has 0 bridgehead atoms. The fourth-order valence-electron chi connectivity index (χ4n) is 1.72. The first-order chi connectivity index (χ1) is 8.38. The molecule has 3 heteroatoms. The van der Waals surface area contributed by atoms with Gasteiger partial charge in [-0.05, 0) is 37.0 Å². The Hall–Kier alpha value is -1.06. The lowest BCUT2D eigenvalue weighted by Crippen LogP contribution is -2.03. The van der Waals surface area contributed by atoms with Crippen molar-refractivity contribution in [2.75, 3.05) is 19.8 Å². The molecule has 0 saturated carbocycles. The molecule has 1 aliphatic rings. The van der Waals surface area contributed by atoms with Gasteiger partial charge in [0.25, 0.3) is 0 Å². The first-order valence-corrected chi connectivity index (χ1v) is 6.32. The third-order valence-corrected chi connectivity index (χ3v) is 2.89. The maximum atomic E-state index is 8.68. The minimum absolute atomic E-state index is 0.302. The lowest BCUT2D eigenvalue weighted by Gasteiger charge is -2.05. The number of benzene rings is 1. The van der Waals surface area contributed by atoms with Gasteiger partial charge in [-0.25, -0.2) is 0 Å². The number of hydrogen-bond acceptors (Lipinski definition) is 3. The summed E-state index contributed by atoms with van der Waals surface area (Å²) in [7, 11) is 0. The van der Waals surface area contributed by atoms with Gasteiger partial charge in [0.05, 0.1) is 6.61 Å². The highest BCUT2D eigenvalue weighted by atomic mass is 16.6. The van der Waals surface area contributed by atoms with Gasteiger partial charge in [0.15, 0.2) is 0 Å². The summed E-state index contributed by atoms with van der Waals surface area (Å²) in [6.07, 6.45) is 4.52. The van der Waals surface area contributed by atoms with Gasteiger partial charge in [0, 0.05) is 6.61 Å². The molecule has 0 spiro atoms. The molecule has 1 aliphatic heterocycles. The van der Waals surface area contributed by atoms with Gasteiger partial charge in [0.2, 0.25) is 0 Å². The van der Waals surface area contributed by atoms with Gasteiger partial charge in [-0.15, -0.1) is 0 Å². The van der Waals surface area contributed by atoms with E-state index in [9.17, 15) is 0 Å². The van der Waals surface area contributed by atoms with Crippen LogP contribution in [0.5, 0.6) is 5.75 Å². The predicted octanol–water partition coefficient (Wildman–Crippen LogP) is 2.17. The molecule has 0 radical (unpaired) electrons. The Morgan fingerprint density at radius 1 is 1.18 bits per heavy atom. The highest BCUT2D eigenvalue weighted by Gasteiger charge is 2.22. The molecule has 2 rings (SSSR count). The molecular formula is C14H20O3. The first-order valence-electron chi connectivity index (χ1n) is 6.32. The summed E-state index contributed by atoms with van der Waals surface area (Å²) in [5.41, 5.74) is 1.33. The fourth-order valence-corrected chi connectivity index (χ4v) is 1.72. The molecule has 1 aromatic carbocycles. The first kappa shape index (κ1) is 12.4. The lowest BCUT2D eigenvalue weighted by atomic mass is 10.1. The van der Waals surface area contributed by atoms with E-state index in [2.05, 4.69) is 12.1 Å². The Morgan fingerprint density at radius 3 is 2.59 bits per heavy atom. The Kier molecular flexibility index (Phi) is 4.83. The molecule has 1 heterocycles. The Balaban J connectivity index is 1.68. The van der Waals surface area contributed by atoms with Crippen molar-refractivity contribution in [3.8, 4) is 5.75 Å². The van der Waals surface area contributed by atoms with Crippen LogP contribution in [-0.4, -0.2) is 31.0 Å². The van der Waals surface area contributed by atoms with Crippen molar-refractivity contribution in [1.29, 1.82) is 0 Å². The molecule has 3 nitrogen and oxygen atoms in total. The zero-order valence-electron chi connectivity index (χ0n) is 10.1. The van der Waals surface area contributed by atoms with E-state index in [-0.39, 0.29) is 0 Å². The largest absolute Gasteiger partial charge is 0.491 e. The minimum Gasteiger partial charge on any atom is -0.491 e. The molecule has 1 fully saturated rings. The number of aliphatic hydroxyl groups is 1. The number of aliphatic hydroxyl groups excluding tert-OH is 1. The Labute approximate surface area is 102 Å². The molecule has 1 atom stereocenters. The van der Waals surface area contributed by atoms with Crippen LogP contribution in [0, 0.1) is 0 Å². The lowest BCUT2D eigenvalue weighted by molar-refractivity contribution is 0.263. The molecule has 17 heavy (non-hydrogen) atoms. The van der Waals surface area contributed by atoms with Gasteiger partial charge in [-0.2, -0.15) is 0 Å². The second-order valence-electron chi connectivity index (χ2n) is 4.44. The predicted molar refractivity (Wildman–Crippen MR) is 66.3 cm³/mol. The topological polar surface area (TPSA) is 42.0 Å². The van der Waals surface area contributed by atoms with Crippen LogP contribution < -0.4 is 4.74 Å². The summed E-state index contributed by atoms with van der Waals surface area (Å²) in [6.45, 7) is 1.80. The third-order valence-electron chi connectivity index (χ3n) is 2.89. The van der Waals surface area contributed by atoms with Crippen LogP contribution in [0.25, 0.3) is 0 Å². The average molecular weight is 236 g/mol. The summed E-state index contributed by atoms with van der Waals surface area (Å²) in [5, 5.41) is 8.68. The van der Waals surface area contributed by atoms with Crippen molar-refractivity contribution in [2.24, 2.45) is 0 Å². The molecular weight excluding hydrogens is 216 g/mol. The number of epoxide rings is 1. The van der Waals surface area contributed by atoms with Crippen LogP contribution in [0.2, 0.25) is 0 Å². The van der Waals surface area contributed by atoms with Crippen molar-refractivity contribution in [3.05, 3.63) is 29.8 Å². The van der Waals surface area contributed by atoms with E-state index in [1.807, 2.05) is 12.1 Å². The highest BCUT2D eigenvalue weighted by Crippen LogP contribution is 2.16. The normalized spacial score (nSPS) is 18.1. The summed E-state index contributed by atoms with van der Waals surface area (Å²) in [4.78, 5) is 0. The number of ether oxygens (including phenoxy) is 2.